The molecular weight excluding hydrogens is 178 g/mol. The van der Waals surface area contributed by atoms with Gasteiger partial charge in [0.25, 0.3) is 0 Å². The van der Waals surface area contributed by atoms with Crippen molar-refractivity contribution in [1.29, 1.82) is 0 Å². The Bertz CT molecular complexity index is 149. The van der Waals surface area contributed by atoms with Crippen LogP contribution in [0.15, 0.2) is 0 Å². The molecule has 1 heterocycles. The zero-order valence-corrected chi connectivity index (χ0v) is 10.0. The van der Waals surface area contributed by atoms with Gasteiger partial charge in [-0.1, -0.05) is 32.6 Å². The maximum Gasteiger partial charge on any atom is 0.0619 e. The van der Waals surface area contributed by atoms with E-state index in [1.54, 1.807) is 0 Å². The van der Waals surface area contributed by atoms with E-state index in [2.05, 4.69) is 37.8 Å². The van der Waals surface area contributed by atoms with Gasteiger partial charge in [-0.05, 0) is 20.3 Å². The third kappa shape index (κ3) is 3.90. The van der Waals surface area contributed by atoms with Crippen molar-refractivity contribution in [2.24, 2.45) is 0 Å². The van der Waals surface area contributed by atoms with Crippen LogP contribution in [0.1, 0.15) is 52.9 Å². The van der Waals surface area contributed by atoms with Gasteiger partial charge in [-0.3, -0.25) is 5.32 Å². The zero-order chi connectivity index (χ0) is 9.73. The first-order chi connectivity index (χ1) is 6.16. The third-order valence-corrected chi connectivity index (χ3v) is 4.34. The van der Waals surface area contributed by atoms with Crippen LogP contribution in [0.4, 0.5) is 0 Å². The lowest BCUT2D eigenvalue weighted by Crippen LogP contribution is -2.37. The van der Waals surface area contributed by atoms with Crippen LogP contribution in [0.3, 0.4) is 0 Å². The Labute approximate surface area is 87.1 Å². The summed E-state index contributed by atoms with van der Waals surface area (Å²) < 4.78 is 0. The molecule has 0 saturated carbocycles. The van der Waals surface area contributed by atoms with Gasteiger partial charge in [0, 0.05) is 11.8 Å². The van der Waals surface area contributed by atoms with Crippen molar-refractivity contribution in [1.82, 2.24) is 5.32 Å². The molecule has 1 saturated heterocycles. The van der Waals surface area contributed by atoms with E-state index in [-0.39, 0.29) is 0 Å². The van der Waals surface area contributed by atoms with Crippen LogP contribution in [0.25, 0.3) is 0 Å². The van der Waals surface area contributed by atoms with Gasteiger partial charge in [-0.2, -0.15) is 0 Å². The van der Waals surface area contributed by atoms with Crippen LogP contribution in [-0.2, 0) is 0 Å². The Balaban J connectivity index is 2.12. The van der Waals surface area contributed by atoms with E-state index in [1.807, 2.05) is 0 Å². The summed E-state index contributed by atoms with van der Waals surface area (Å²) in [7, 11) is 0. The summed E-state index contributed by atoms with van der Waals surface area (Å²) >= 11 is 2.10. The Hall–Kier alpha value is 0.310. The molecule has 0 aromatic rings. The largest absolute Gasteiger partial charge is 0.300 e. The summed E-state index contributed by atoms with van der Waals surface area (Å²) in [5.41, 5.74) is 0. The average molecular weight is 201 g/mol. The first kappa shape index (κ1) is 11.4. The molecule has 1 nitrogen and oxygen atoms in total. The maximum atomic E-state index is 3.67. The summed E-state index contributed by atoms with van der Waals surface area (Å²) in [5.74, 6) is 1.28. The highest BCUT2D eigenvalue weighted by Crippen LogP contribution is 2.34. The molecule has 0 spiro atoms. The lowest BCUT2D eigenvalue weighted by molar-refractivity contribution is 0.435. The molecular formula is C11H23NS. The summed E-state index contributed by atoms with van der Waals surface area (Å²) in [6.45, 7) is 6.91. The normalized spacial score (nSPS) is 33.9. The molecule has 0 amide bonds. The van der Waals surface area contributed by atoms with E-state index in [1.165, 1.54) is 37.9 Å². The Kier molecular flexibility index (Phi) is 4.60. The van der Waals surface area contributed by atoms with Crippen LogP contribution in [0, 0.1) is 0 Å². The molecule has 0 aromatic carbocycles. The van der Waals surface area contributed by atoms with Crippen LogP contribution >= 0.6 is 11.8 Å². The topological polar surface area (TPSA) is 12.0 Å². The predicted molar refractivity (Wildman–Crippen MR) is 62.2 cm³/mol. The molecule has 2 atom stereocenters. The summed E-state index contributed by atoms with van der Waals surface area (Å²) in [4.78, 5) is 0.382. The zero-order valence-electron chi connectivity index (χ0n) is 9.23. The van der Waals surface area contributed by atoms with Crippen molar-refractivity contribution in [3.8, 4) is 0 Å². The summed E-state index contributed by atoms with van der Waals surface area (Å²) in [6, 6.07) is 0.709. The number of rotatable bonds is 5. The highest BCUT2D eigenvalue weighted by Gasteiger charge is 2.31. The molecule has 0 radical (unpaired) electrons. The number of nitrogens with one attached hydrogen (secondary N) is 1. The Morgan fingerprint density at radius 3 is 2.69 bits per heavy atom. The van der Waals surface area contributed by atoms with Crippen LogP contribution < -0.4 is 5.32 Å². The highest BCUT2D eigenvalue weighted by molar-refractivity contribution is 8.00. The van der Waals surface area contributed by atoms with E-state index in [0.717, 1.165) is 0 Å². The highest BCUT2D eigenvalue weighted by atomic mass is 32.2. The quantitative estimate of drug-likeness (QED) is 0.684. The maximum absolute atomic E-state index is 3.67. The molecule has 13 heavy (non-hydrogen) atoms. The number of hydrogen-bond donors (Lipinski definition) is 1. The van der Waals surface area contributed by atoms with Gasteiger partial charge in [-0.25, -0.2) is 0 Å². The first-order valence-electron chi connectivity index (χ1n) is 5.58. The third-order valence-electron chi connectivity index (χ3n) is 2.71. The second-order valence-corrected chi connectivity index (χ2v) is 5.92. The van der Waals surface area contributed by atoms with E-state index in [4.69, 9.17) is 0 Å². The standard InChI is InChI=1S/C11H23NS/c1-4-5-6-7-8-11(3)12-10(2)9-13-11/h10,12H,4-9H2,1-3H3. The van der Waals surface area contributed by atoms with Gasteiger partial charge in [0.15, 0.2) is 0 Å². The van der Waals surface area contributed by atoms with Crippen molar-refractivity contribution >= 4 is 11.8 Å². The van der Waals surface area contributed by atoms with Gasteiger partial charge in [-0.15, -0.1) is 11.8 Å². The smallest absolute Gasteiger partial charge is 0.0619 e. The van der Waals surface area contributed by atoms with E-state index in [9.17, 15) is 0 Å². The second-order valence-electron chi connectivity index (χ2n) is 4.40. The van der Waals surface area contributed by atoms with Crippen LogP contribution in [0.2, 0.25) is 0 Å². The molecule has 0 aromatic heterocycles. The van der Waals surface area contributed by atoms with Gasteiger partial charge >= 0.3 is 0 Å². The lowest BCUT2D eigenvalue weighted by atomic mass is 10.1. The van der Waals surface area contributed by atoms with Crippen molar-refractivity contribution < 1.29 is 0 Å². The fourth-order valence-electron chi connectivity index (χ4n) is 1.95. The molecule has 78 valence electrons. The number of unbranched alkanes of at least 4 members (excludes halogenated alkanes) is 3. The van der Waals surface area contributed by atoms with Crippen LogP contribution in [0.5, 0.6) is 0 Å². The predicted octanol–water partition coefficient (Wildman–Crippen LogP) is 3.40. The van der Waals surface area contributed by atoms with E-state index in [0.29, 0.717) is 10.9 Å². The van der Waals surface area contributed by atoms with Crippen LogP contribution in [-0.4, -0.2) is 16.7 Å². The fourth-order valence-corrected chi connectivity index (χ4v) is 3.22. The molecule has 0 aliphatic carbocycles. The molecule has 2 heteroatoms. The molecule has 1 fully saturated rings. The number of hydrogen-bond acceptors (Lipinski definition) is 2. The van der Waals surface area contributed by atoms with Crippen molar-refractivity contribution in [3.63, 3.8) is 0 Å². The molecule has 2 unspecified atom stereocenters. The van der Waals surface area contributed by atoms with Gasteiger partial charge in [0.05, 0.1) is 4.87 Å². The summed E-state index contributed by atoms with van der Waals surface area (Å²) in [6.07, 6.45) is 6.87. The van der Waals surface area contributed by atoms with E-state index < -0.39 is 0 Å². The minimum absolute atomic E-state index is 0.382. The van der Waals surface area contributed by atoms with Crippen molar-refractivity contribution in [2.75, 3.05) is 5.75 Å². The number of thioether (sulfide) groups is 1. The second kappa shape index (κ2) is 5.26. The summed E-state index contributed by atoms with van der Waals surface area (Å²) in [5, 5.41) is 3.67. The van der Waals surface area contributed by atoms with Gasteiger partial charge in [0.2, 0.25) is 0 Å². The Morgan fingerprint density at radius 2 is 2.15 bits per heavy atom. The van der Waals surface area contributed by atoms with Crippen molar-refractivity contribution in [3.05, 3.63) is 0 Å². The van der Waals surface area contributed by atoms with Gasteiger partial charge < -0.3 is 0 Å². The fraction of sp³-hybridized carbons (Fsp3) is 1.00. The first-order valence-corrected chi connectivity index (χ1v) is 6.56. The van der Waals surface area contributed by atoms with Crippen molar-refractivity contribution in [2.45, 2.75) is 63.8 Å². The molecule has 0 bridgehead atoms. The minimum Gasteiger partial charge on any atom is -0.300 e. The molecule has 1 aliphatic rings. The molecule has 1 rings (SSSR count). The monoisotopic (exact) mass is 201 g/mol. The molecule has 1 aliphatic heterocycles. The minimum atomic E-state index is 0.382. The Morgan fingerprint density at radius 1 is 1.38 bits per heavy atom. The lowest BCUT2D eigenvalue weighted by Gasteiger charge is -2.24. The SMILES string of the molecule is CCCCCCC1(C)NC(C)CS1. The molecule has 1 N–H and O–H groups in total. The van der Waals surface area contributed by atoms with Gasteiger partial charge in [0.1, 0.15) is 0 Å². The average Bonchev–Trinajstić information content (AvgIpc) is 2.41. The van der Waals surface area contributed by atoms with E-state index >= 15 is 0 Å².